The van der Waals surface area contributed by atoms with Gasteiger partial charge in [0, 0.05) is 21.9 Å². The van der Waals surface area contributed by atoms with Gasteiger partial charge in [-0.05, 0) is 35.6 Å². The van der Waals surface area contributed by atoms with E-state index in [1.54, 1.807) is 28.8 Å². The van der Waals surface area contributed by atoms with Crippen LogP contribution >= 0.6 is 22.7 Å². The molecule has 0 bridgehead atoms. The monoisotopic (exact) mass is 357 g/mol. The van der Waals surface area contributed by atoms with Crippen molar-refractivity contribution in [2.45, 2.75) is 13.3 Å². The molecule has 0 aliphatic carbocycles. The second kappa shape index (κ2) is 7.37. The van der Waals surface area contributed by atoms with E-state index in [4.69, 9.17) is 0 Å². The number of aromatic nitrogens is 1. The normalized spacial score (nSPS) is 10.4. The summed E-state index contributed by atoms with van der Waals surface area (Å²) in [5.74, 6) is -0.800. The number of hydrogen-bond donors (Lipinski definition) is 2. The number of hydrogen-bond acceptors (Lipinski definition) is 5. The van der Waals surface area contributed by atoms with Crippen LogP contribution in [0.4, 0.5) is 0 Å². The Morgan fingerprint density at radius 2 is 1.79 bits per heavy atom. The van der Waals surface area contributed by atoms with E-state index < -0.39 is 5.91 Å². The van der Waals surface area contributed by atoms with Crippen molar-refractivity contribution in [2.24, 2.45) is 0 Å². The molecule has 0 fully saturated rings. The quantitative estimate of drug-likeness (QED) is 0.702. The van der Waals surface area contributed by atoms with E-state index in [-0.39, 0.29) is 11.6 Å². The molecule has 7 heteroatoms. The van der Waals surface area contributed by atoms with Gasteiger partial charge in [-0.2, -0.15) is 11.3 Å². The van der Waals surface area contributed by atoms with Gasteiger partial charge in [-0.25, -0.2) is 4.98 Å². The average molecular weight is 357 g/mol. The van der Waals surface area contributed by atoms with Crippen molar-refractivity contribution in [1.29, 1.82) is 0 Å². The molecule has 0 aliphatic rings. The van der Waals surface area contributed by atoms with Gasteiger partial charge in [0.1, 0.15) is 10.7 Å². The molecule has 2 N–H and O–H groups in total. The van der Waals surface area contributed by atoms with Crippen LogP contribution in [-0.2, 0) is 6.42 Å². The molecule has 0 atom stereocenters. The first-order valence-electron chi connectivity index (χ1n) is 7.35. The third kappa shape index (κ3) is 3.69. The standard InChI is InChI=1S/C17H15N3O2S2/c1-2-11-3-5-12(6-4-11)15(21)19-20-16(22)14-10-24-17(18-14)13-7-8-23-9-13/h3-10H,2H2,1H3,(H,19,21)(H,20,22). The topological polar surface area (TPSA) is 71.1 Å². The van der Waals surface area contributed by atoms with Gasteiger partial charge in [0.05, 0.1) is 0 Å². The van der Waals surface area contributed by atoms with Crippen LogP contribution in [0.25, 0.3) is 10.6 Å². The molecule has 0 spiro atoms. The third-order valence-corrected chi connectivity index (χ3v) is 4.99. The van der Waals surface area contributed by atoms with E-state index in [2.05, 4.69) is 15.8 Å². The summed E-state index contributed by atoms with van der Waals surface area (Å²) in [6.45, 7) is 2.05. The molecular weight excluding hydrogens is 342 g/mol. The minimum absolute atomic E-state index is 0.280. The highest BCUT2D eigenvalue weighted by atomic mass is 32.1. The highest BCUT2D eigenvalue weighted by Gasteiger charge is 2.13. The molecule has 2 heterocycles. The molecule has 3 rings (SSSR count). The lowest BCUT2D eigenvalue weighted by Crippen LogP contribution is -2.41. The average Bonchev–Trinajstić information content (AvgIpc) is 3.30. The van der Waals surface area contributed by atoms with Crippen LogP contribution < -0.4 is 10.9 Å². The van der Waals surface area contributed by atoms with Crippen LogP contribution in [0.15, 0.2) is 46.5 Å². The van der Waals surface area contributed by atoms with Crippen LogP contribution in [0.2, 0.25) is 0 Å². The molecule has 0 radical (unpaired) electrons. The van der Waals surface area contributed by atoms with Gasteiger partial charge in [0.25, 0.3) is 11.8 Å². The van der Waals surface area contributed by atoms with E-state index in [1.165, 1.54) is 11.3 Å². The number of aryl methyl sites for hydroxylation is 1. The Labute approximate surface area is 147 Å². The Balaban J connectivity index is 1.59. The number of nitrogens with one attached hydrogen (secondary N) is 2. The molecule has 0 aliphatic heterocycles. The summed E-state index contributed by atoms with van der Waals surface area (Å²) in [6, 6.07) is 9.21. The number of thiazole rings is 1. The molecular formula is C17H15N3O2S2. The largest absolute Gasteiger partial charge is 0.289 e. The zero-order chi connectivity index (χ0) is 16.9. The van der Waals surface area contributed by atoms with E-state index in [0.29, 0.717) is 5.56 Å². The second-order valence-corrected chi connectivity index (χ2v) is 6.65. The minimum Gasteiger partial charge on any atom is -0.267 e. The van der Waals surface area contributed by atoms with Gasteiger partial charge in [-0.15, -0.1) is 11.3 Å². The molecule has 3 aromatic rings. The van der Waals surface area contributed by atoms with E-state index in [0.717, 1.165) is 22.6 Å². The predicted octanol–water partition coefficient (Wildman–Crippen LogP) is 3.51. The number of carbonyl (C=O) groups excluding carboxylic acids is 2. The van der Waals surface area contributed by atoms with E-state index in [9.17, 15) is 9.59 Å². The van der Waals surface area contributed by atoms with Crippen LogP contribution in [0.5, 0.6) is 0 Å². The highest BCUT2D eigenvalue weighted by molar-refractivity contribution is 7.14. The summed E-state index contributed by atoms with van der Waals surface area (Å²) in [6.07, 6.45) is 0.912. The molecule has 24 heavy (non-hydrogen) atoms. The Hall–Kier alpha value is -2.51. The lowest BCUT2D eigenvalue weighted by atomic mass is 10.1. The molecule has 2 amide bonds. The van der Waals surface area contributed by atoms with Crippen molar-refractivity contribution in [3.05, 3.63) is 63.3 Å². The first-order valence-corrected chi connectivity index (χ1v) is 9.17. The number of benzene rings is 1. The smallest absolute Gasteiger partial charge is 0.267 e. The van der Waals surface area contributed by atoms with Crippen LogP contribution in [0, 0.1) is 0 Å². The zero-order valence-corrected chi connectivity index (χ0v) is 14.5. The highest BCUT2D eigenvalue weighted by Crippen LogP contribution is 2.25. The fourth-order valence-corrected chi connectivity index (χ4v) is 3.55. The Bertz CT molecular complexity index is 839. The number of rotatable bonds is 4. The molecule has 0 saturated carbocycles. The zero-order valence-electron chi connectivity index (χ0n) is 12.9. The summed E-state index contributed by atoms with van der Waals surface area (Å²) >= 11 is 2.97. The van der Waals surface area contributed by atoms with Gasteiger partial charge >= 0.3 is 0 Å². The van der Waals surface area contributed by atoms with Crippen molar-refractivity contribution < 1.29 is 9.59 Å². The predicted molar refractivity (Wildman–Crippen MR) is 96.2 cm³/mol. The van der Waals surface area contributed by atoms with Gasteiger partial charge in [0.15, 0.2) is 0 Å². The van der Waals surface area contributed by atoms with E-state index >= 15 is 0 Å². The van der Waals surface area contributed by atoms with Crippen molar-refractivity contribution in [3.63, 3.8) is 0 Å². The van der Waals surface area contributed by atoms with Crippen molar-refractivity contribution in [3.8, 4) is 10.6 Å². The molecule has 2 aromatic heterocycles. The van der Waals surface area contributed by atoms with Gasteiger partial charge < -0.3 is 0 Å². The van der Waals surface area contributed by atoms with Crippen LogP contribution in [0.1, 0.15) is 33.3 Å². The van der Waals surface area contributed by atoms with Crippen molar-refractivity contribution in [1.82, 2.24) is 15.8 Å². The first kappa shape index (κ1) is 16.4. The fraction of sp³-hybridized carbons (Fsp3) is 0.118. The number of carbonyl (C=O) groups is 2. The fourth-order valence-electron chi connectivity index (χ4n) is 2.04. The van der Waals surface area contributed by atoms with Gasteiger partial charge in [-0.1, -0.05) is 19.1 Å². The summed E-state index contributed by atoms with van der Waals surface area (Å²) in [5.41, 5.74) is 7.71. The summed E-state index contributed by atoms with van der Waals surface area (Å²) in [5, 5.41) is 6.38. The Kier molecular flexibility index (Phi) is 5.02. The molecule has 5 nitrogen and oxygen atoms in total. The maximum atomic E-state index is 12.1. The number of hydrazine groups is 1. The van der Waals surface area contributed by atoms with Crippen molar-refractivity contribution >= 4 is 34.5 Å². The lowest BCUT2D eigenvalue weighted by molar-refractivity contribution is 0.0844. The second-order valence-electron chi connectivity index (χ2n) is 5.01. The Morgan fingerprint density at radius 3 is 2.46 bits per heavy atom. The van der Waals surface area contributed by atoms with Gasteiger partial charge in [0.2, 0.25) is 0 Å². The molecule has 0 unspecified atom stereocenters. The summed E-state index contributed by atoms with van der Waals surface area (Å²) in [4.78, 5) is 28.4. The SMILES string of the molecule is CCc1ccc(C(=O)NNC(=O)c2csc(-c3ccsc3)n2)cc1. The van der Waals surface area contributed by atoms with Gasteiger partial charge in [-0.3, -0.25) is 20.4 Å². The first-order chi connectivity index (χ1) is 11.7. The van der Waals surface area contributed by atoms with Crippen LogP contribution in [-0.4, -0.2) is 16.8 Å². The summed E-state index contributed by atoms with van der Waals surface area (Å²) in [7, 11) is 0. The number of amides is 2. The Morgan fingerprint density at radius 1 is 1.04 bits per heavy atom. The van der Waals surface area contributed by atoms with E-state index in [1.807, 2.05) is 35.9 Å². The maximum absolute atomic E-state index is 12.1. The maximum Gasteiger partial charge on any atom is 0.289 e. The molecule has 1 aromatic carbocycles. The number of nitrogens with zero attached hydrogens (tertiary/aromatic N) is 1. The van der Waals surface area contributed by atoms with Crippen molar-refractivity contribution in [2.75, 3.05) is 0 Å². The number of thiophene rings is 1. The third-order valence-electron chi connectivity index (χ3n) is 3.42. The molecule has 0 saturated heterocycles. The lowest BCUT2D eigenvalue weighted by Gasteiger charge is -2.06. The van der Waals surface area contributed by atoms with Crippen LogP contribution in [0.3, 0.4) is 0 Å². The minimum atomic E-state index is -0.439. The molecule has 122 valence electrons. The summed E-state index contributed by atoms with van der Waals surface area (Å²) < 4.78 is 0.